The van der Waals surface area contributed by atoms with Gasteiger partial charge in [0.25, 0.3) is 0 Å². The van der Waals surface area contributed by atoms with Crippen LogP contribution >= 0.6 is 15.9 Å². The minimum Gasteiger partial charge on any atom is -0.304 e. The molecular formula is C17H19BrN2. The van der Waals surface area contributed by atoms with Crippen molar-refractivity contribution in [1.29, 1.82) is 0 Å². The smallest absolute Gasteiger partial charge is 0.0573 e. The first-order valence-electron chi connectivity index (χ1n) is 7.23. The highest BCUT2D eigenvalue weighted by Crippen LogP contribution is 2.35. The third kappa shape index (κ3) is 2.65. The summed E-state index contributed by atoms with van der Waals surface area (Å²) in [6, 6.07) is 11.1. The number of benzene rings is 1. The quantitative estimate of drug-likeness (QED) is 0.909. The standard InChI is InChI=1S/C17H19BrN2/c1-2-12-5-4-10-19-17(12)11-20-16-9-8-13-14(16)6-3-7-15(13)18/h3-7,10,16,20H,2,8-9,11H2,1H3. The zero-order valence-corrected chi connectivity index (χ0v) is 13.3. The summed E-state index contributed by atoms with van der Waals surface area (Å²) >= 11 is 3.65. The Bertz CT molecular complexity index is 610. The lowest BCUT2D eigenvalue weighted by atomic mass is 10.1. The largest absolute Gasteiger partial charge is 0.304 e. The molecule has 1 N–H and O–H groups in total. The van der Waals surface area contributed by atoms with Crippen LogP contribution in [-0.4, -0.2) is 4.98 Å². The van der Waals surface area contributed by atoms with Gasteiger partial charge in [0.1, 0.15) is 0 Å². The second-order valence-corrected chi connectivity index (χ2v) is 6.10. The molecule has 3 heteroatoms. The van der Waals surface area contributed by atoms with Gasteiger partial charge < -0.3 is 5.32 Å². The normalized spacial score (nSPS) is 17.2. The minimum atomic E-state index is 0.453. The highest BCUT2D eigenvalue weighted by molar-refractivity contribution is 9.10. The second-order valence-electron chi connectivity index (χ2n) is 5.24. The van der Waals surface area contributed by atoms with Gasteiger partial charge in [0, 0.05) is 23.3 Å². The maximum atomic E-state index is 4.51. The molecule has 0 bridgehead atoms. The lowest BCUT2D eigenvalue weighted by Crippen LogP contribution is -2.20. The van der Waals surface area contributed by atoms with E-state index in [-0.39, 0.29) is 0 Å². The Morgan fingerprint density at radius 1 is 1.30 bits per heavy atom. The molecule has 0 amide bonds. The molecule has 1 aromatic carbocycles. The Balaban J connectivity index is 1.74. The summed E-state index contributed by atoms with van der Waals surface area (Å²) in [6.07, 6.45) is 5.25. The van der Waals surface area contributed by atoms with Crippen molar-refractivity contribution in [2.24, 2.45) is 0 Å². The van der Waals surface area contributed by atoms with E-state index in [1.807, 2.05) is 12.3 Å². The molecule has 1 unspecified atom stereocenters. The fraction of sp³-hybridized carbons (Fsp3) is 0.353. The van der Waals surface area contributed by atoms with Gasteiger partial charge in [-0.2, -0.15) is 0 Å². The Labute approximate surface area is 128 Å². The van der Waals surface area contributed by atoms with Crippen LogP contribution in [0.2, 0.25) is 0 Å². The van der Waals surface area contributed by atoms with Gasteiger partial charge in [-0.3, -0.25) is 4.98 Å². The minimum absolute atomic E-state index is 0.453. The summed E-state index contributed by atoms with van der Waals surface area (Å²) in [6.45, 7) is 3.03. The second kappa shape index (κ2) is 6.06. The molecule has 2 nitrogen and oxygen atoms in total. The Morgan fingerprint density at radius 2 is 2.20 bits per heavy atom. The van der Waals surface area contributed by atoms with E-state index in [0.717, 1.165) is 19.4 Å². The molecule has 1 aliphatic rings. The van der Waals surface area contributed by atoms with Crippen molar-refractivity contribution in [2.75, 3.05) is 0 Å². The predicted octanol–water partition coefficient (Wildman–Crippen LogP) is 4.18. The predicted molar refractivity (Wildman–Crippen MR) is 85.7 cm³/mol. The fourth-order valence-corrected chi connectivity index (χ4v) is 3.57. The first kappa shape index (κ1) is 13.8. The van der Waals surface area contributed by atoms with Crippen LogP contribution in [0.25, 0.3) is 0 Å². The van der Waals surface area contributed by atoms with Gasteiger partial charge in [-0.15, -0.1) is 0 Å². The summed E-state index contributed by atoms with van der Waals surface area (Å²) in [7, 11) is 0. The van der Waals surface area contributed by atoms with Gasteiger partial charge in [0.15, 0.2) is 0 Å². The van der Waals surface area contributed by atoms with Crippen molar-refractivity contribution in [3.05, 3.63) is 63.4 Å². The topological polar surface area (TPSA) is 24.9 Å². The summed E-state index contributed by atoms with van der Waals surface area (Å²) in [5.74, 6) is 0. The summed E-state index contributed by atoms with van der Waals surface area (Å²) in [5.41, 5.74) is 5.42. The lowest BCUT2D eigenvalue weighted by molar-refractivity contribution is 0.523. The number of aromatic nitrogens is 1. The van der Waals surface area contributed by atoms with E-state index in [0.29, 0.717) is 6.04 Å². The van der Waals surface area contributed by atoms with Gasteiger partial charge in [0.2, 0.25) is 0 Å². The van der Waals surface area contributed by atoms with E-state index in [1.165, 1.54) is 33.3 Å². The molecule has 20 heavy (non-hydrogen) atoms. The van der Waals surface area contributed by atoms with E-state index >= 15 is 0 Å². The summed E-state index contributed by atoms with van der Waals surface area (Å²) in [4.78, 5) is 4.51. The van der Waals surface area contributed by atoms with Crippen molar-refractivity contribution < 1.29 is 0 Å². The van der Waals surface area contributed by atoms with E-state index in [2.05, 4.69) is 57.4 Å². The van der Waals surface area contributed by atoms with Crippen LogP contribution in [0.4, 0.5) is 0 Å². The van der Waals surface area contributed by atoms with Crippen LogP contribution in [0.5, 0.6) is 0 Å². The van der Waals surface area contributed by atoms with E-state index in [1.54, 1.807) is 0 Å². The molecule has 1 aromatic heterocycles. The molecular weight excluding hydrogens is 312 g/mol. The van der Waals surface area contributed by atoms with Gasteiger partial charge in [0.05, 0.1) is 5.69 Å². The Kier molecular flexibility index (Phi) is 4.18. The number of hydrogen-bond acceptors (Lipinski definition) is 2. The van der Waals surface area contributed by atoms with Crippen LogP contribution < -0.4 is 5.32 Å². The molecule has 0 aliphatic heterocycles. The average molecular weight is 331 g/mol. The maximum absolute atomic E-state index is 4.51. The number of hydrogen-bond donors (Lipinski definition) is 1. The monoisotopic (exact) mass is 330 g/mol. The number of aryl methyl sites for hydroxylation is 1. The molecule has 3 rings (SSSR count). The third-order valence-electron chi connectivity index (χ3n) is 4.09. The Morgan fingerprint density at radius 3 is 3.05 bits per heavy atom. The molecule has 0 fully saturated rings. The number of rotatable bonds is 4. The van der Waals surface area contributed by atoms with Gasteiger partial charge in [-0.05, 0) is 48.1 Å². The van der Waals surface area contributed by atoms with Gasteiger partial charge in [-0.25, -0.2) is 0 Å². The molecule has 1 heterocycles. The Hall–Kier alpha value is -1.19. The lowest BCUT2D eigenvalue weighted by Gasteiger charge is -2.15. The fourth-order valence-electron chi connectivity index (χ4n) is 2.99. The SMILES string of the molecule is CCc1cccnc1CNC1CCc2c(Br)cccc21. The van der Waals surface area contributed by atoms with Crippen LogP contribution in [0, 0.1) is 0 Å². The average Bonchev–Trinajstić information content (AvgIpc) is 2.90. The van der Waals surface area contributed by atoms with Crippen LogP contribution in [-0.2, 0) is 19.4 Å². The molecule has 0 radical (unpaired) electrons. The first-order chi connectivity index (χ1) is 9.79. The van der Waals surface area contributed by atoms with E-state index in [4.69, 9.17) is 0 Å². The van der Waals surface area contributed by atoms with Crippen molar-refractivity contribution >= 4 is 15.9 Å². The first-order valence-corrected chi connectivity index (χ1v) is 8.02. The van der Waals surface area contributed by atoms with Gasteiger partial charge in [-0.1, -0.05) is 41.1 Å². The number of pyridine rings is 1. The van der Waals surface area contributed by atoms with Crippen molar-refractivity contribution in [3.8, 4) is 0 Å². The van der Waals surface area contributed by atoms with E-state index < -0.39 is 0 Å². The zero-order chi connectivity index (χ0) is 13.9. The molecule has 104 valence electrons. The van der Waals surface area contributed by atoms with Crippen LogP contribution in [0.3, 0.4) is 0 Å². The molecule has 0 spiro atoms. The maximum Gasteiger partial charge on any atom is 0.0573 e. The molecule has 2 aromatic rings. The van der Waals surface area contributed by atoms with Crippen LogP contribution in [0.1, 0.15) is 41.8 Å². The number of nitrogens with one attached hydrogen (secondary N) is 1. The third-order valence-corrected chi connectivity index (χ3v) is 4.84. The number of halogens is 1. The van der Waals surface area contributed by atoms with Crippen molar-refractivity contribution in [1.82, 2.24) is 10.3 Å². The molecule has 1 atom stereocenters. The zero-order valence-electron chi connectivity index (χ0n) is 11.7. The van der Waals surface area contributed by atoms with Crippen molar-refractivity contribution in [2.45, 2.75) is 38.8 Å². The highest BCUT2D eigenvalue weighted by Gasteiger charge is 2.23. The van der Waals surface area contributed by atoms with Gasteiger partial charge >= 0.3 is 0 Å². The highest BCUT2D eigenvalue weighted by atomic mass is 79.9. The summed E-state index contributed by atoms with van der Waals surface area (Å²) < 4.78 is 1.24. The van der Waals surface area contributed by atoms with E-state index in [9.17, 15) is 0 Å². The number of fused-ring (bicyclic) bond motifs is 1. The van der Waals surface area contributed by atoms with Crippen LogP contribution in [0.15, 0.2) is 41.0 Å². The number of nitrogens with zero attached hydrogens (tertiary/aromatic N) is 1. The molecule has 0 saturated heterocycles. The molecule has 0 saturated carbocycles. The summed E-state index contributed by atoms with van der Waals surface area (Å²) in [5, 5.41) is 3.67. The van der Waals surface area contributed by atoms with Crippen molar-refractivity contribution in [3.63, 3.8) is 0 Å². The molecule has 1 aliphatic carbocycles.